The molecule has 2 heteroatoms. The predicted molar refractivity (Wildman–Crippen MR) is 93.6 cm³/mol. The summed E-state index contributed by atoms with van der Waals surface area (Å²) in [4.78, 5) is 0. The molecule has 122 valence electrons. The minimum atomic E-state index is -0.0180. The molecule has 0 aromatic rings. The first-order valence-corrected chi connectivity index (χ1v) is 9.40. The summed E-state index contributed by atoms with van der Waals surface area (Å²) >= 11 is 5.72. The third-order valence-corrected chi connectivity index (χ3v) is 4.66. The molecule has 0 fully saturated rings. The quantitative estimate of drug-likeness (QED) is 0.296. The van der Waals surface area contributed by atoms with Gasteiger partial charge in [-0.25, -0.2) is 0 Å². The third-order valence-electron chi connectivity index (χ3n) is 4.39. The first kappa shape index (κ1) is 20.2. The maximum atomic E-state index is 6.36. The van der Waals surface area contributed by atoms with Gasteiger partial charge in [0.05, 0.1) is 0 Å². The summed E-state index contributed by atoms with van der Waals surface area (Å²) in [6, 6.07) is 0. The van der Waals surface area contributed by atoms with Crippen LogP contribution in [0.15, 0.2) is 0 Å². The molecule has 1 nitrogen and oxygen atoms in total. The molecule has 0 spiro atoms. The van der Waals surface area contributed by atoms with E-state index in [2.05, 4.69) is 20.8 Å². The summed E-state index contributed by atoms with van der Waals surface area (Å²) in [5.74, 6) is 1.49. The van der Waals surface area contributed by atoms with Crippen LogP contribution in [0.5, 0.6) is 0 Å². The van der Waals surface area contributed by atoms with Crippen molar-refractivity contribution in [2.75, 3.05) is 5.88 Å². The highest BCUT2D eigenvalue weighted by molar-refractivity contribution is 6.17. The zero-order chi connectivity index (χ0) is 15.3. The number of hydrogen-bond acceptors (Lipinski definition) is 1. The highest BCUT2D eigenvalue weighted by Crippen LogP contribution is 2.27. The van der Waals surface area contributed by atoms with Crippen molar-refractivity contribution in [3.8, 4) is 0 Å². The lowest BCUT2D eigenvalue weighted by Gasteiger charge is -2.31. The topological polar surface area (TPSA) is 26.0 Å². The largest absolute Gasteiger partial charge is 0.325 e. The number of nitrogens with two attached hydrogens (primary N) is 1. The standard InChI is InChI=1S/C18H38ClN/c1-4-5-6-7-8-11-14-17(18(2,3)20)15-12-9-10-13-16-19/h17H,4-16,20H2,1-3H3. The Morgan fingerprint density at radius 3 is 1.70 bits per heavy atom. The van der Waals surface area contributed by atoms with E-state index in [4.69, 9.17) is 17.3 Å². The van der Waals surface area contributed by atoms with E-state index < -0.39 is 0 Å². The van der Waals surface area contributed by atoms with E-state index in [1.807, 2.05) is 0 Å². The second kappa shape index (κ2) is 13.0. The van der Waals surface area contributed by atoms with E-state index >= 15 is 0 Å². The summed E-state index contributed by atoms with van der Waals surface area (Å²) in [5, 5.41) is 0. The Kier molecular flexibility index (Phi) is 13.1. The molecule has 1 atom stereocenters. The van der Waals surface area contributed by atoms with Gasteiger partial charge in [0, 0.05) is 11.4 Å². The minimum Gasteiger partial charge on any atom is -0.325 e. The van der Waals surface area contributed by atoms with Crippen molar-refractivity contribution in [1.29, 1.82) is 0 Å². The second-order valence-corrected chi connectivity index (χ2v) is 7.34. The molecule has 0 radical (unpaired) electrons. The van der Waals surface area contributed by atoms with E-state index in [-0.39, 0.29) is 5.54 Å². The van der Waals surface area contributed by atoms with Gasteiger partial charge in [-0.3, -0.25) is 0 Å². The Labute approximate surface area is 133 Å². The van der Waals surface area contributed by atoms with Crippen LogP contribution in [0.1, 0.15) is 97.8 Å². The number of alkyl halides is 1. The van der Waals surface area contributed by atoms with Crippen molar-refractivity contribution in [2.45, 2.75) is 103 Å². The zero-order valence-corrected chi connectivity index (χ0v) is 15.0. The molecule has 20 heavy (non-hydrogen) atoms. The van der Waals surface area contributed by atoms with Crippen LogP contribution in [-0.4, -0.2) is 11.4 Å². The second-order valence-electron chi connectivity index (χ2n) is 6.97. The maximum Gasteiger partial charge on any atom is 0.0223 e. The average Bonchev–Trinajstić information content (AvgIpc) is 2.38. The Bertz CT molecular complexity index is 198. The Balaban J connectivity index is 3.75. The normalized spacial score (nSPS) is 13.7. The predicted octanol–water partition coefficient (Wildman–Crippen LogP) is 6.28. The molecule has 0 saturated carbocycles. The zero-order valence-electron chi connectivity index (χ0n) is 14.2. The molecule has 0 rings (SSSR count). The van der Waals surface area contributed by atoms with E-state index in [0.717, 1.165) is 12.3 Å². The molecule has 0 aliphatic heterocycles. The lowest BCUT2D eigenvalue weighted by Crippen LogP contribution is -2.40. The SMILES string of the molecule is CCCCCCCCC(CCCCCCCl)C(C)(C)N. The van der Waals surface area contributed by atoms with Crippen molar-refractivity contribution in [3.05, 3.63) is 0 Å². The maximum absolute atomic E-state index is 6.36. The molecule has 2 N–H and O–H groups in total. The van der Waals surface area contributed by atoms with Crippen LogP contribution in [-0.2, 0) is 0 Å². The highest BCUT2D eigenvalue weighted by atomic mass is 35.5. The molecular formula is C18H38ClN. The van der Waals surface area contributed by atoms with Gasteiger partial charge in [-0.1, -0.05) is 64.7 Å². The monoisotopic (exact) mass is 303 g/mol. The van der Waals surface area contributed by atoms with Gasteiger partial charge in [0.1, 0.15) is 0 Å². The number of rotatable bonds is 14. The van der Waals surface area contributed by atoms with E-state index in [9.17, 15) is 0 Å². The van der Waals surface area contributed by atoms with Gasteiger partial charge in [0.15, 0.2) is 0 Å². The minimum absolute atomic E-state index is 0.0180. The molecule has 0 heterocycles. The van der Waals surface area contributed by atoms with Gasteiger partial charge in [0.2, 0.25) is 0 Å². The lowest BCUT2D eigenvalue weighted by molar-refractivity contribution is 0.267. The van der Waals surface area contributed by atoms with Gasteiger partial charge < -0.3 is 5.73 Å². The van der Waals surface area contributed by atoms with Gasteiger partial charge >= 0.3 is 0 Å². The molecule has 0 aliphatic rings. The van der Waals surface area contributed by atoms with Crippen molar-refractivity contribution >= 4 is 11.6 Å². The molecule has 0 bridgehead atoms. The summed E-state index contributed by atoms with van der Waals surface area (Å²) in [5.41, 5.74) is 6.34. The van der Waals surface area contributed by atoms with E-state index in [1.165, 1.54) is 70.6 Å². The van der Waals surface area contributed by atoms with Crippen molar-refractivity contribution in [2.24, 2.45) is 11.7 Å². The molecule has 0 aromatic carbocycles. The number of halogens is 1. The average molecular weight is 304 g/mol. The molecule has 1 unspecified atom stereocenters. The fourth-order valence-electron chi connectivity index (χ4n) is 2.90. The van der Waals surface area contributed by atoms with Gasteiger partial charge in [-0.05, 0) is 39.0 Å². The molecule has 0 aromatic heterocycles. The van der Waals surface area contributed by atoms with Crippen molar-refractivity contribution in [3.63, 3.8) is 0 Å². The van der Waals surface area contributed by atoms with Crippen molar-refractivity contribution in [1.82, 2.24) is 0 Å². The fourth-order valence-corrected chi connectivity index (χ4v) is 3.09. The van der Waals surface area contributed by atoms with Crippen LogP contribution >= 0.6 is 11.6 Å². The number of unbranched alkanes of at least 4 members (excludes halogenated alkanes) is 8. The smallest absolute Gasteiger partial charge is 0.0223 e. The van der Waals surface area contributed by atoms with E-state index in [0.29, 0.717) is 5.92 Å². The molecule has 0 saturated heterocycles. The number of hydrogen-bond donors (Lipinski definition) is 1. The van der Waals surface area contributed by atoms with Crippen LogP contribution in [0.4, 0.5) is 0 Å². The van der Waals surface area contributed by atoms with Crippen LogP contribution < -0.4 is 5.73 Å². The molecule has 0 aliphatic carbocycles. The molecule has 0 amide bonds. The van der Waals surface area contributed by atoms with E-state index in [1.54, 1.807) is 0 Å². The van der Waals surface area contributed by atoms with Crippen LogP contribution in [0.25, 0.3) is 0 Å². The van der Waals surface area contributed by atoms with Crippen molar-refractivity contribution < 1.29 is 0 Å². The van der Waals surface area contributed by atoms with Gasteiger partial charge in [0.25, 0.3) is 0 Å². The lowest BCUT2D eigenvalue weighted by atomic mass is 9.80. The summed E-state index contributed by atoms with van der Waals surface area (Å²) < 4.78 is 0. The Morgan fingerprint density at radius 2 is 1.25 bits per heavy atom. The highest BCUT2D eigenvalue weighted by Gasteiger charge is 2.23. The summed E-state index contributed by atoms with van der Waals surface area (Å²) in [6.07, 6.45) is 16.0. The Hall–Kier alpha value is 0.250. The molecular weight excluding hydrogens is 266 g/mol. The fraction of sp³-hybridized carbons (Fsp3) is 1.00. The van der Waals surface area contributed by atoms with Gasteiger partial charge in [-0.2, -0.15) is 0 Å². The van der Waals surface area contributed by atoms with Crippen LogP contribution in [0.3, 0.4) is 0 Å². The Morgan fingerprint density at radius 1 is 0.800 bits per heavy atom. The third kappa shape index (κ3) is 12.0. The summed E-state index contributed by atoms with van der Waals surface area (Å²) in [6.45, 7) is 6.68. The summed E-state index contributed by atoms with van der Waals surface area (Å²) in [7, 11) is 0. The first-order chi connectivity index (χ1) is 9.52. The van der Waals surface area contributed by atoms with Crippen LogP contribution in [0.2, 0.25) is 0 Å². The van der Waals surface area contributed by atoms with Gasteiger partial charge in [-0.15, -0.1) is 11.6 Å². The van der Waals surface area contributed by atoms with Crippen LogP contribution in [0, 0.1) is 5.92 Å². The first-order valence-electron chi connectivity index (χ1n) is 8.87.